The van der Waals surface area contributed by atoms with Gasteiger partial charge in [-0.15, -0.1) is 0 Å². The third-order valence-electron chi connectivity index (χ3n) is 1.25. The van der Waals surface area contributed by atoms with E-state index in [1.165, 1.54) is 0 Å². The van der Waals surface area contributed by atoms with Crippen molar-refractivity contribution in [2.24, 2.45) is 5.73 Å². The lowest BCUT2D eigenvalue weighted by molar-refractivity contribution is 0.585. The minimum absolute atomic E-state index is 0.0684. The average molecular weight is 223 g/mol. The lowest BCUT2D eigenvalue weighted by atomic mass is 10.3. The average Bonchev–Trinajstić information content (AvgIpc) is 1.98. The van der Waals surface area contributed by atoms with Gasteiger partial charge in [-0.05, 0) is 24.4 Å². The van der Waals surface area contributed by atoms with E-state index in [2.05, 4.69) is 17.5 Å². The Morgan fingerprint density at radius 3 is 2.23 bits per heavy atom. The molecule has 0 aliphatic rings. The van der Waals surface area contributed by atoms with Crippen molar-refractivity contribution in [2.75, 3.05) is 5.32 Å². The van der Waals surface area contributed by atoms with Gasteiger partial charge in [0, 0.05) is 5.69 Å². The molecule has 0 bridgehead atoms. The van der Waals surface area contributed by atoms with Crippen LogP contribution in [0.15, 0.2) is 12.1 Å². The summed E-state index contributed by atoms with van der Waals surface area (Å²) in [5, 5.41) is 1.77. The van der Waals surface area contributed by atoms with Crippen LogP contribution in [0.3, 0.4) is 0 Å². The summed E-state index contributed by atoms with van der Waals surface area (Å²) >= 11 is 9.73. The molecule has 0 aromatic heterocycles. The van der Waals surface area contributed by atoms with Crippen molar-refractivity contribution >= 4 is 34.6 Å². The fourth-order valence-electron chi connectivity index (χ4n) is 0.770. The largest absolute Gasteiger partial charge is 0.376 e. The van der Waals surface area contributed by atoms with Gasteiger partial charge in [0.05, 0.1) is 0 Å². The molecule has 70 valence electrons. The topological polar surface area (TPSA) is 38.0 Å². The smallest absolute Gasteiger partial charge is 0.168 e. The number of rotatable bonds is 1. The van der Waals surface area contributed by atoms with Crippen molar-refractivity contribution in [1.82, 2.24) is 0 Å². The van der Waals surface area contributed by atoms with Gasteiger partial charge in [0.15, 0.2) is 5.11 Å². The van der Waals surface area contributed by atoms with E-state index in [4.69, 9.17) is 17.3 Å². The summed E-state index contributed by atoms with van der Waals surface area (Å²) in [7, 11) is 0. The Labute approximate surface area is 83.7 Å². The first-order chi connectivity index (χ1) is 6.00. The molecule has 0 radical (unpaired) electrons. The number of nitrogens with two attached hydrogens (primary N) is 1. The van der Waals surface area contributed by atoms with Crippen molar-refractivity contribution in [3.63, 3.8) is 0 Å². The van der Waals surface area contributed by atoms with Crippen molar-refractivity contribution < 1.29 is 8.78 Å². The molecule has 0 aliphatic carbocycles. The maximum absolute atomic E-state index is 12.8. The molecule has 1 aromatic rings. The fraction of sp³-hybridized carbons (Fsp3) is 0. The van der Waals surface area contributed by atoms with Crippen LogP contribution in [-0.2, 0) is 0 Å². The number of hydrogen-bond acceptors (Lipinski definition) is 1. The Hall–Kier alpha value is -0.940. The van der Waals surface area contributed by atoms with Gasteiger partial charge in [0.2, 0.25) is 0 Å². The summed E-state index contributed by atoms with van der Waals surface area (Å²) in [6.07, 6.45) is 0. The molecule has 13 heavy (non-hydrogen) atoms. The Morgan fingerprint density at radius 2 is 1.85 bits per heavy atom. The maximum Gasteiger partial charge on any atom is 0.168 e. The van der Waals surface area contributed by atoms with Crippen LogP contribution in [0.1, 0.15) is 0 Å². The van der Waals surface area contributed by atoms with E-state index >= 15 is 0 Å². The molecular formula is C7H5ClF2N2S. The van der Waals surface area contributed by atoms with Crippen LogP contribution in [0.4, 0.5) is 14.5 Å². The minimum atomic E-state index is -0.861. The lowest BCUT2D eigenvalue weighted by Gasteiger charge is -2.04. The number of halogens is 3. The van der Waals surface area contributed by atoms with E-state index in [1.54, 1.807) is 0 Å². The van der Waals surface area contributed by atoms with Crippen molar-refractivity contribution in [3.8, 4) is 0 Å². The van der Waals surface area contributed by atoms with Crippen molar-refractivity contribution in [2.45, 2.75) is 0 Å². The summed E-state index contributed by atoms with van der Waals surface area (Å²) in [5.41, 5.74) is 5.24. The molecule has 0 atom stereocenters. The van der Waals surface area contributed by atoms with Crippen molar-refractivity contribution in [1.29, 1.82) is 0 Å². The molecule has 3 N–H and O–H groups in total. The van der Waals surface area contributed by atoms with Gasteiger partial charge in [0.25, 0.3) is 0 Å². The zero-order valence-electron chi connectivity index (χ0n) is 6.27. The van der Waals surface area contributed by atoms with E-state index in [9.17, 15) is 8.78 Å². The molecule has 2 nitrogen and oxygen atoms in total. The molecule has 1 rings (SSSR count). The standard InChI is InChI=1S/C7H5ClF2N2S/c8-6-4(9)1-3(2-5(6)10)12-7(11)13/h1-2H,(H3,11,12,13). The molecule has 6 heteroatoms. The predicted octanol–water partition coefficient (Wildman–Crippen LogP) is 2.27. The SMILES string of the molecule is NC(=S)Nc1cc(F)c(Cl)c(F)c1. The van der Waals surface area contributed by atoms with Crippen LogP contribution < -0.4 is 11.1 Å². The molecule has 1 aromatic carbocycles. The summed E-state index contributed by atoms with van der Waals surface area (Å²) in [5.74, 6) is -1.72. The summed E-state index contributed by atoms with van der Waals surface area (Å²) in [6.45, 7) is 0. The molecular weight excluding hydrogens is 218 g/mol. The van der Waals surface area contributed by atoms with Crippen LogP contribution in [0.2, 0.25) is 5.02 Å². The van der Waals surface area contributed by atoms with Crippen LogP contribution >= 0.6 is 23.8 Å². The van der Waals surface area contributed by atoms with Gasteiger partial charge in [-0.25, -0.2) is 8.78 Å². The Bertz CT molecular complexity index is 333. The van der Waals surface area contributed by atoms with E-state index in [0.717, 1.165) is 12.1 Å². The van der Waals surface area contributed by atoms with Crippen molar-refractivity contribution in [3.05, 3.63) is 28.8 Å². The van der Waals surface area contributed by atoms with Gasteiger partial charge in [-0.2, -0.15) is 0 Å². The number of benzene rings is 1. The molecule has 0 unspecified atom stereocenters. The lowest BCUT2D eigenvalue weighted by Crippen LogP contribution is -2.19. The Balaban J connectivity index is 3.06. The highest BCUT2D eigenvalue weighted by molar-refractivity contribution is 7.80. The summed E-state index contributed by atoms with van der Waals surface area (Å²) < 4.78 is 25.6. The van der Waals surface area contributed by atoms with Crippen LogP contribution in [0.5, 0.6) is 0 Å². The maximum atomic E-state index is 12.8. The summed E-state index contributed by atoms with van der Waals surface area (Å²) in [6, 6.07) is 2.01. The zero-order valence-corrected chi connectivity index (χ0v) is 7.85. The van der Waals surface area contributed by atoms with Crippen LogP contribution in [0.25, 0.3) is 0 Å². The van der Waals surface area contributed by atoms with E-state index in [-0.39, 0.29) is 10.8 Å². The highest BCUT2D eigenvalue weighted by Crippen LogP contribution is 2.22. The Kier molecular flexibility index (Phi) is 3.00. The number of thiocarbonyl (C=S) groups is 1. The first kappa shape index (κ1) is 10.1. The van der Waals surface area contributed by atoms with E-state index in [1.807, 2.05) is 0 Å². The third kappa shape index (κ3) is 2.50. The monoisotopic (exact) mass is 222 g/mol. The van der Waals surface area contributed by atoms with Gasteiger partial charge in [-0.1, -0.05) is 11.6 Å². The fourth-order valence-corrected chi connectivity index (χ4v) is 0.997. The predicted molar refractivity (Wildman–Crippen MR) is 51.8 cm³/mol. The molecule has 0 fully saturated rings. The van der Waals surface area contributed by atoms with Gasteiger partial charge in [-0.3, -0.25) is 0 Å². The normalized spacial score (nSPS) is 9.77. The molecule has 0 saturated carbocycles. The van der Waals surface area contributed by atoms with Crippen LogP contribution in [-0.4, -0.2) is 5.11 Å². The first-order valence-electron chi connectivity index (χ1n) is 3.21. The second-order valence-electron chi connectivity index (χ2n) is 2.24. The summed E-state index contributed by atoms with van der Waals surface area (Å²) in [4.78, 5) is 0. The highest BCUT2D eigenvalue weighted by Gasteiger charge is 2.08. The second kappa shape index (κ2) is 3.85. The van der Waals surface area contributed by atoms with Crippen LogP contribution in [0, 0.1) is 11.6 Å². The zero-order chi connectivity index (χ0) is 10.0. The van der Waals surface area contributed by atoms with Gasteiger partial charge in [0.1, 0.15) is 16.7 Å². The van der Waals surface area contributed by atoms with Gasteiger partial charge < -0.3 is 11.1 Å². The molecule has 0 amide bonds. The van der Waals surface area contributed by atoms with E-state index in [0.29, 0.717) is 0 Å². The number of hydrogen-bond donors (Lipinski definition) is 2. The highest BCUT2D eigenvalue weighted by atomic mass is 35.5. The molecule has 0 spiro atoms. The second-order valence-corrected chi connectivity index (χ2v) is 3.06. The Morgan fingerprint density at radius 1 is 1.38 bits per heavy atom. The first-order valence-corrected chi connectivity index (χ1v) is 4.00. The number of anilines is 1. The third-order valence-corrected chi connectivity index (χ3v) is 1.71. The minimum Gasteiger partial charge on any atom is -0.376 e. The molecule has 0 saturated heterocycles. The van der Waals surface area contributed by atoms with E-state index < -0.39 is 16.7 Å². The number of nitrogens with one attached hydrogen (secondary N) is 1. The molecule has 0 heterocycles. The molecule has 0 aliphatic heterocycles. The van der Waals surface area contributed by atoms with Gasteiger partial charge >= 0.3 is 0 Å². The quantitative estimate of drug-likeness (QED) is 0.566.